The van der Waals surface area contributed by atoms with Gasteiger partial charge in [0.2, 0.25) is 17.7 Å². The molecule has 0 aliphatic rings. The Balaban J connectivity index is 2.79. The minimum Gasteiger partial charge on any atom is -0.508 e. The highest BCUT2D eigenvalue weighted by Crippen LogP contribution is 2.11. The summed E-state index contributed by atoms with van der Waals surface area (Å²) in [5, 5.41) is 35.8. The number of benzene rings is 1. The van der Waals surface area contributed by atoms with Gasteiger partial charge in [-0.3, -0.25) is 14.4 Å². The number of carboxylic acid groups (broad SMARTS) is 1. The van der Waals surface area contributed by atoms with E-state index in [4.69, 9.17) is 11.5 Å². The molecule has 0 aliphatic heterocycles. The summed E-state index contributed by atoms with van der Waals surface area (Å²) in [5.74, 6) is -2.80. The summed E-state index contributed by atoms with van der Waals surface area (Å²) in [7, 11) is 0. The number of rotatable bonds is 17. The molecule has 0 heterocycles. The summed E-state index contributed by atoms with van der Waals surface area (Å²) in [4.78, 5) is 49.6. The van der Waals surface area contributed by atoms with E-state index in [1.165, 1.54) is 23.9 Å². The topological polar surface area (TPSA) is 217 Å². The molecular formula is C23H37N5O7S. The molecule has 13 heteroatoms. The molecule has 0 saturated heterocycles. The van der Waals surface area contributed by atoms with E-state index in [2.05, 4.69) is 16.0 Å². The van der Waals surface area contributed by atoms with Gasteiger partial charge in [0.15, 0.2) is 0 Å². The molecule has 1 rings (SSSR count). The zero-order chi connectivity index (χ0) is 27.1. The van der Waals surface area contributed by atoms with Crippen LogP contribution in [-0.4, -0.2) is 88.3 Å². The summed E-state index contributed by atoms with van der Waals surface area (Å²) in [5.41, 5.74) is 12.0. The molecule has 0 aliphatic carbocycles. The Morgan fingerprint density at radius 2 is 1.50 bits per heavy atom. The van der Waals surface area contributed by atoms with Crippen LogP contribution in [0, 0.1) is 0 Å². The van der Waals surface area contributed by atoms with Crippen LogP contribution in [0.5, 0.6) is 5.75 Å². The van der Waals surface area contributed by atoms with Gasteiger partial charge in [-0.1, -0.05) is 12.1 Å². The molecule has 4 unspecified atom stereocenters. The maximum absolute atomic E-state index is 12.8. The molecular weight excluding hydrogens is 490 g/mol. The second-order valence-corrected chi connectivity index (χ2v) is 9.23. The Labute approximate surface area is 214 Å². The predicted octanol–water partition coefficient (Wildman–Crippen LogP) is -1.32. The van der Waals surface area contributed by atoms with Crippen molar-refractivity contribution in [1.29, 1.82) is 0 Å². The molecule has 1 aromatic rings. The lowest BCUT2D eigenvalue weighted by molar-refractivity contribution is -0.142. The van der Waals surface area contributed by atoms with Gasteiger partial charge in [-0.05, 0) is 68.4 Å². The number of phenolic OH excluding ortho intramolecular Hbond substituents is 1. The minimum absolute atomic E-state index is 0.0686. The van der Waals surface area contributed by atoms with Crippen molar-refractivity contribution in [3.63, 3.8) is 0 Å². The third kappa shape index (κ3) is 11.2. The fraction of sp³-hybridized carbons (Fsp3) is 0.565. The molecule has 1 aromatic carbocycles. The average molecular weight is 528 g/mol. The van der Waals surface area contributed by atoms with Crippen LogP contribution in [0.25, 0.3) is 0 Å². The first-order valence-electron chi connectivity index (χ1n) is 11.6. The Morgan fingerprint density at radius 3 is 2.06 bits per heavy atom. The standard InChI is InChI=1S/C23H37N5O7S/c1-36-11-9-17(21(32)27-18(23(34)35)4-2-3-10-24)26-22(33)19(13-29)28-20(31)16(25)12-14-5-7-15(30)8-6-14/h5-8,16-19,29-30H,2-4,9-13,24-25H2,1H3,(H,26,33)(H,27,32)(H,28,31)(H,34,35). The Hall–Kier alpha value is -2.87. The predicted molar refractivity (Wildman–Crippen MR) is 136 cm³/mol. The van der Waals surface area contributed by atoms with E-state index in [0.717, 1.165) is 0 Å². The number of aliphatic hydroxyl groups excluding tert-OH is 1. The highest BCUT2D eigenvalue weighted by atomic mass is 32.2. The largest absolute Gasteiger partial charge is 0.508 e. The number of nitrogens with one attached hydrogen (secondary N) is 3. The van der Waals surface area contributed by atoms with Crippen LogP contribution < -0.4 is 27.4 Å². The SMILES string of the molecule is CSCCC(NC(=O)C(CO)NC(=O)C(N)Cc1ccc(O)cc1)C(=O)NC(CCCCN)C(=O)O. The lowest BCUT2D eigenvalue weighted by Gasteiger charge is -2.24. The number of nitrogens with two attached hydrogens (primary N) is 2. The first kappa shape index (κ1) is 31.2. The lowest BCUT2D eigenvalue weighted by atomic mass is 10.1. The second-order valence-electron chi connectivity index (χ2n) is 8.25. The van der Waals surface area contributed by atoms with Gasteiger partial charge in [-0.2, -0.15) is 11.8 Å². The molecule has 0 radical (unpaired) electrons. The molecule has 202 valence electrons. The van der Waals surface area contributed by atoms with E-state index in [1.54, 1.807) is 12.1 Å². The van der Waals surface area contributed by atoms with Crippen molar-refractivity contribution in [3.05, 3.63) is 29.8 Å². The number of phenols is 1. The smallest absolute Gasteiger partial charge is 0.326 e. The van der Waals surface area contributed by atoms with Gasteiger partial charge in [0.05, 0.1) is 12.6 Å². The molecule has 0 spiro atoms. The van der Waals surface area contributed by atoms with Gasteiger partial charge in [0, 0.05) is 0 Å². The van der Waals surface area contributed by atoms with Crippen molar-refractivity contribution in [2.24, 2.45) is 11.5 Å². The number of carbonyl (C=O) groups excluding carboxylic acids is 3. The number of aromatic hydroxyl groups is 1. The molecule has 0 fully saturated rings. The second kappa shape index (κ2) is 16.7. The molecule has 36 heavy (non-hydrogen) atoms. The molecule has 3 amide bonds. The zero-order valence-electron chi connectivity index (χ0n) is 20.3. The summed E-state index contributed by atoms with van der Waals surface area (Å²) >= 11 is 1.43. The van der Waals surface area contributed by atoms with Crippen molar-refractivity contribution < 1.29 is 34.5 Å². The number of aliphatic hydroxyl groups is 1. The van der Waals surface area contributed by atoms with E-state index in [-0.39, 0.29) is 25.0 Å². The zero-order valence-corrected chi connectivity index (χ0v) is 21.1. The number of carbonyl (C=O) groups is 4. The molecule has 12 nitrogen and oxygen atoms in total. The fourth-order valence-electron chi connectivity index (χ4n) is 3.25. The van der Waals surface area contributed by atoms with Crippen molar-refractivity contribution in [2.45, 2.75) is 56.3 Å². The number of hydrogen-bond donors (Lipinski definition) is 8. The van der Waals surface area contributed by atoms with E-state index in [0.29, 0.717) is 30.7 Å². The van der Waals surface area contributed by atoms with Gasteiger partial charge < -0.3 is 42.7 Å². The first-order chi connectivity index (χ1) is 17.1. The average Bonchev–Trinajstić information content (AvgIpc) is 2.85. The summed E-state index contributed by atoms with van der Waals surface area (Å²) in [6.07, 6.45) is 3.47. The molecule has 0 saturated carbocycles. The van der Waals surface area contributed by atoms with Gasteiger partial charge in [0.25, 0.3) is 0 Å². The minimum atomic E-state index is -1.37. The van der Waals surface area contributed by atoms with Gasteiger partial charge in [-0.25, -0.2) is 4.79 Å². The van der Waals surface area contributed by atoms with Crippen molar-refractivity contribution in [1.82, 2.24) is 16.0 Å². The van der Waals surface area contributed by atoms with Crippen LogP contribution in [0.15, 0.2) is 24.3 Å². The lowest BCUT2D eigenvalue weighted by Crippen LogP contribution is -2.58. The highest BCUT2D eigenvalue weighted by Gasteiger charge is 2.29. The maximum Gasteiger partial charge on any atom is 0.326 e. The van der Waals surface area contributed by atoms with Crippen molar-refractivity contribution in [3.8, 4) is 5.75 Å². The number of carboxylic acids is 1. The van der Waals surface area contributed by atoms with E-state index in [9.17, 15) is 34.5 Å². The molecule has 0 bridgehead atoms. The molecule has 10 N–H and O–H groups in total. The van der Waals surface area contributed by atoms with Crippen LogP contribution in [-0.2, 0) is 25.6 Å². The van der Waals surface area contributed by atoms with E-state index in [1.807, 2.05) is 6.26 Å². The van der Waals surface area contributed by atoms with Crippen LogP contribution in [0.3, 0.4) is 0 Å². The van der Waals surface area contributed by atoms with Gasteiger partial charge >= 0.3 is 5.97 Å². The monoisotopic (exact) mass is 527 g/mol. The van der Waals surface area contributed by atoms with E-state index < -0.39 is 54.5 Å². The normalized spacial score (nSPS) is 14.2. The van der Waals surface area contributed by atoms with Crippen molar-refractivity contribution in [2.75, 3.05) is 25.2 Å². The number of unbranched alkanes of at least 4 members (excludes halogenated alkanes) is 1. The summed E-state index contributed by atoms with van der Waals surface area (Å²) < 4.78 is 0. The molecule has 4 atom stereocenters. The highest BCUT2D eigenvalue weighted by molar-refractivity contribution is 7.98. The fourth-order valence-corrected chi connectivity index (χ4v) is 3.72. The van der Waals surface area contributed by atoms with Crippen LogP contribution in [0.2, 0.25) is 0 Å². The van der Waals surface area contributed by atoms with Crippen LogP contribution >= 0.6 is 11.8 Å². The first-order valence-corrected chi connectivity index (χ1v) is 13.0. The van der Waals surface area contributed by atoms with Crippen LogP contribution in [0.4, 0.5) is 0 Å². The summed E-state index contributed by atoms with van der Waals surface area (Å²) in [6.45, 7) is -0.337. The number of aliphatic carboxylic acids is 1. The third-order valence-electron chi connectivity index (χ3n) is 5.35. The maximum atomic E-state index is 12.8. The summed E-state index contributed by atoms with van der Waals surface area (Å²) in [6, 6.07) is 1.52. The van der Waals surface area contributed by atoms with Gasteiger partial charge in [-0.15, -0.1) is 0 Å². The Kier molecular flexibility index (Phi) is 14.5. The Morgan fingerprint density at radius 1 is 0.917 bits per heavy atom. The number of hydrogen-bond acceptors (Lipinski definition) is 9. The van der Waals surface area contributed by atoms with Crippen LogP contribution in [0.1, 0.15) is 31.2 Å². The number of thioether (sulfide) groups is 1. The number of amides is 3. The quantitative estimate of drug-likeness (QED) is 0.112. The molecule has 0 aromatic heterocycles. The van der Waals surface area contributed by atoms with Gasteiger partial charge in [0.1, 0.15) is 23.9 Å². The van der Waals surface area contributed by atoms with Crippen molar-refractivity contribution >= 4 is 35.5 Å². The Bertz CT molecular complexity index is 856. The third-order valence-corrected chi connectivity index (χ3v) is 5.99. The van der Waals surface area contributed by atoms with E-state index >= 15 is 0 Å².